The van der Waals surface area contributed by atoms with Crippen molar-refractivity contribution in [2.24, 2.45) is 0 Å². The molecule has 1 heterocycles. The Morgan fingerprint density at radius 3 is 2.38 bits per heavy atom. The molecule has 0 aliphatic heterocycles. The molecule has 1 aliphatic carbocycles. The lowest BCUT2D eigenvalue weighted by molar-refractivity contribution is 0.705. The van der Waals surface area contributed by atoms with Crippen LogP contribution < -0.4 is 5.73 Å². The summed E-state index contributed by atoms with van der Waals surface area (Å²) in [6, 6.07) is 0. The Morgan fingerprint density at radius 2 is 1.92 bits per heavy atom. The van der Waals surface area contributed by atoms with E-state index in [0.29, 0.717) is 5.92 Å². The molecule has 1 saturated carbocycles. The van der Waals surface area contributed by atoms with Crippen molar-refractivity contribution in [1.82, 2.24) is 4.98 Å². The van der Waals surface area contributed by atoms with Crippen molar-refractivity contribution in [3.63, 3.8) is 0 Å². The van der Waals surface area contributed by atoms with Crippen LogP contribution >= 0.6 is 36.2 Å². The Bertz CT molecular complexity index is 246. The van der Waals surface area contributed by atoms with Crippen LogP contribution in [0.2, 0.25) is 0 Å². The van der Waals surface area contributed by atoms with Crippen molar-refractivity contribution in [1.29, 1.82) is 0 Å². The number of halogens is 2. The van der Waals surface area contributed by atoms with Crippen molar-refractivity contribution in [3.05, 3.63) is 11.2 Å². The minimum atomic E-state index is 0. The van der Waals surface area contributed by atoms with Gasteiger partial charge in [-0.05, 0) is 12.8 Å². The van der Waals surface area contributed by atoms with Crippen molar-refractivity contribution in [3.8, 4) is 0 Å². The number of nitrogens with zero attached hydrogens (tertiary/aromatic N) is 1. The van der Waals surface area contributed by atoms with Gasteiger partial charge in [-0.1, -0.05) is 12.8 Å². The first-order valence-electron chi connectivity index (χ1n) is 4.07. The van der Waals surface area contributed by atoms with E-state index in [2.05, 4.69) is 4.98 Å². The fourth-order valence-corrected chi connectivity index (χ4v) is 2.39. The SMILES string of the molecule is Cl.Cl.Nc1scnc1C1CCCC1. The van der Waals surface area contributed by atoms with Gasteiger partial charge >= 0.3 is 0 Å². The molecule has 0 spiro atoms. The van der Waals surface area contributed by atoms with Gasteiger partial charge < -0.3 is 5.73 Å². The van der Waals surface area contributed by atoms with Gasteiger partial charge in [-0.3, -0.25) is 0 Å². The predicted octanol–water partition coefficient (Wildman–Crippen LogP) is 3.23. The van der Waals surface area contributed by atoms with Gasteiger partial charge in [0.2, 0.25) is 0 Å². The van der Waals surface area contributed by atoms with E-state index in [-0.39, 0.29) is 24.8 Å². The Hall–Kier alpha value is 0.01000. The lowest BCUT2D eigenvalue weighted by Crippen LogP contribution is -1.96. The molecule has 0 aromatic carbocycles. The number of nitrogen functional groups attached to an aromatic ring is 1. The highest BCUT2D eigenvalue weighted by Crippen LogP contribution is 2.36. The highest BCUT2D eigenvalue weighted by atomic mass is 35.5. The van der Waals surface area contributed by atoms with Crippen molar-refractivity contribution in [2.75, 3.05) is 5.73 Å². The van der Waals surface area contributed by atoms with E-state index < -0.39 is 0 Å². The summed E-state index contributed by atoms with van der Waals surface area (Å²) in [5, 5.41) is 0.928. The van der Waals surface area contributed by atoms with E-state index in [4.69, 9.17) is 5.73 Å². The van der Waals surface area contributed by atoms with Crippen molar-refractivity contribution < 1.29 is 0 Å². The first kappa shape index (κ1) is 13.0. The topological polar surface area (TPSA) is 38.9 Å². The summed E-state index contributed by atoms with van der Waals surface area (Å²) >= 11 is 1.56. The summed E-state index contributed by atoms with van der Waals surface area (Å²) in [6.45, 7) is 0. The van der Waals surface area contributed by atoms with Crippen molar-refractivity contribution in [2.45, 2.75) is 31.6 Å². The van der Waals surface area contributed by atoms with E-state index in [9.17, 15) is 0 Å². The van der Waals surface area contributed by atoms with Crippen LogP contribution in [0.4, 0.5) is 5.00 Å². The average Bonchev–Trinajstić information content (AvgIpc) is 2.55. The number of aromatic nitrogens is 1. The normalized spacial score (nSPS) is 16.3. The predicted molar refractivity (Wildman–Crippen MR) is 62.2 cm³/mol. The Labute approximate surface area is 94.8 Å². The van der Waals surface area contributed by atoms with Gasteiger partial charge in [0, 0.05) is 5.92 Å². The molecule has 0 atom stereocenters. The number of rotatable bonds is 1. The van der Waals surface area contributed by atoms with Crippen LogP contribution in [0.15, 0.2) is 5.51 Å². The van der Waals surface area contributed by atoms with Crippen LogP contribution in [0.3, 0.4) is 0 Å². The third-order valence-corrected chi connectivity index (χ3v) is 3.04. The minimum Gasteiger partial charge on any atom is -0.389 e. The fraction of sp³-hybridized carbons (Fsp3) is 0.625. The maximum Gasteiger partial charge on any atom is 0.109 e. The molecule has 0 radical (unpaired) electrons. The molecule has 2 rings (SSSR count). The standard InChI is InChI=1S/C8H12N2S.2ClH/c9-8-7(10-5-11-8)6-3-1-2-4-6;;/h5-6H,1-4,9H2;2*1H. The molecule has 1 fully saturated rings. The molecule has 0 saturated heterocycles. The summed E-state index contributed by atoms with van der Waals surface area (Å²) in [6.07, 6.45) is 5.27. The van der Waals surface area contributed by atoms with Crippen LogP contribution in [0.5, 0.6) is 0 Å². The Morgan fingerprint density at radius 1 is 1.31 bits per heavy atom. The molecule has 0 amide bonds. The molecular formula is C8H14Cl2N2S. The van der Waals surface area contributed by atoms with Crippen molar-refractivity contribution >= 4 is 41.2 Å². The molecule has 1 aromatic heterocycles. The third kappa shape index (κ3) is 2.73. The lowest BCUT2D eigenvalue weighted by atomic mass is 10.1. The smallest absolute Gasteiger partial charge is 0.109 e. The van der Waals surface area contributed by atoms with Crippen LogP contribution in [0.1, 0.15) is 37.3 Å². The number of thiazole rings is 1. The van der Waals surface area contributed by atoms with Gasteiger partial charge in [-0.15, -0.1) is 36.2 Å². The number of anilines is 1. The second-order valence-corrected chi connectivity index (χ2v) is 3.97. The Balaban J connectivity index is 0.000000720. The maximum absolute atomic E-state index is 5.78. The summed E-state index contributed by atoms with van der Waals surface area (Å²) in [4.78, 5) is 4.29. The number of hydrogen-bond acceptors (Lipinski definition) is 3. The zero-order valence-corrected chi connectivity index (χ0v) is 9.68. The van der Waals surface area contributed by atoms with Crippen LogP contribution in [-0.2, 0) is 0 Å². The minimum absolute atomic E-state index is 0. The lowest BCUT2D eigenvalue weighted by Gasteiger charge is -2.04. The van der Waals surface area contributed by atoms with E-state index in [0.717, 1.165) is 10.7 Å². The van der Waals surface area contributed by atoms with Gasteiger partial charge in [-0.25, -0.2) is 4.98 Å². The fourth-order valence-electron chi connectivity index (χ4n) is 1.77. The summed E-state index contributed by atoms with van der Waals surface area (Å²) in [5.41, 5.74) is 8.79. The van der Waals surface area contributed by atoms with Crippen LogP contribution in [-0.4, -0.2) is 4.98 Å². The zero-order chi connectivity index (χ0) is 7.68. The first-order valence-corrected chi connectivity index (χ1v) is 4.95. The van der Waals surface area contributed by atoms with Crippen LogP contribution in [0, 0.1) is 0 Å². The highest BCUT2D eigenvalue weighted by molar-refractivity contribution is 7.13. The summed E-state index contributed by atoms with van der Waals surface area (Å²) in [7, 11) is 0. The third-order valence-electron chi connectivity index (χ3n) is 2.37. The molecule has 13 heavy (non-hydrogen) atoms. The molecule has 0 unspecified atom stereocenters. The monoisotopic (exact) mass is 240 g/mol. The second kappa shape index (κ2) is 5.68. The molecule has 1 aliphatic rings. The molecule has 76 valence electrons. The largest absolute Gasteiger partial charge is 0.389 e. The summed E-state index contributed by atoms with van der Waals surface area (Å²) < 4.78 is 0. The van der Waals surface area contributed by atoms with Crippen LogP contribution in [0.25, 0.3) is 0 Å². The molecule has 0 bridgehead atoms. The Kier molecular flexibility index (Phi) is 5.68. The van der Waals surface area contributed by atoms with E-state index >= 15 is 0 Å². The van der Waals surface area contributed by atoms with Gasteiger partial charge in [0.1, 0.15) is 5.00 Å². The number of hydrogen-bond donors (Lipinski definition) is 1. The molecular weight excluding hydrogens is 227 g/mol. The molecule has 5 heteroatoms. The zero-order valence-electron chi connectivity index (χ0n) is 7.23. The van der Waals surface area contributed by atoms with Gasteiger partial charge in [0.05, 0.1) is 11.2 Å². The average molecular weight is 241 g/mol. The first-order chi connectivity index (χ1) is 5.38. The van der Waals surface area contributed by atoms with E-state index in [1.54, 1.807) is 11.3 Å². The highest BCUT2D eigenvalue weighted by Gasteiger charge is 2.20. The van der Waals surface area contributed by atoms with Gasteiger partial charge in [-0.2, -0.15) is 0 Å². The molecule has 1 aromatic rings. The quantitative estimate of drug-likeness (QED) is 0.819. The van der Waals surface area contributed by atoms with Gasteiger partial charge in [0.15, 0.2) is 0 Å². The number of nitrogens with two attached hydrogens (primary N) is 1. The molecule has 2 N–H and O–H groups in total. The summed E-state index contributed by atoms with van der Waals surface area (Å²) in [5.74, 6) is 0.668. The second-order valence-electron chi connectivity index (χ2n) is 3.08. The molecule has 2 nitrogen and oxygen atoms in total. The maximum atomic E-state index is 5.78. The van der Waals surface area contributed by atoms with E-state index in [1.807, 2.05) is 5.51 Å². The van der Waals surface area contributed by atoms with Gasteiger partial charge in [0.25, 0.3) is 0 Å². The van der Waals surface area contributed by atoms with E-state index in [1.165, 1.54) is 25.7 Å².